The maximum Gasteiger partial charge on any atom is 0.255 e. The summed E-state index contributed by atoms with van der Waals surface area (Å²) in [4.78, 5) is 16.1. The topological polar surface area (TPSA) is 46.9 Å². The Morgan fingerprint density at radius 1 is 1.38 bits per heavy atom. The van der Waals surface area contributed by atoms with Gasteiger partial charge in [0.25, 0.3) is 5.56 Å². The molecular formula is C12H11N3O. The summed E-state index contributed by atoms with van der Waals surface area (Å²) in [6, 6.07) is 9.50. The Kier molecular flexibility index (Phi) is 1.83. The molecule has 3 rings (SSSR count). The van der Waals surface area contributed by atoms with Crippen LogP contribution in [0.4, 0.5) is 11.6 Å². The van der Waals surface area contributed by atoms with Crippen molar-refractivity contribution >= 4 is 11.6 Å². The third-order valence-corrected chi connectivity index (χ3v) is 2.73. The van der Waals surface area contributed by atoms with Gasteiger partial charge in [-0.15, -0.1) is 0 Å². The maximum absolute atomic E-state index is 11.8. The van der Waals surface area contributed by atoms with Crippen molar-refractivity contribution in [2.75, 3.05) is 5.32 Å². The first-order valence-electron chi connectivity index (χ1n) is 5.17. The van der Waals surface area contributed by atoms with E-state index in [1.54, 1.807) is 10.6 Å². The van der Waals surface area contributed by atoms with Crippen LogP contribution in [0.2, 0.25) is 0 Å². The van der Waals surface area contributed by atoms with Crippen molar-refractivity contribution in [1.82, 2.24) is 9.55 Å². The highest BCUT2D eigenvalue weighted by molar-refractivity contribution is 5.61. The molecule has 4 nitrogen and oxygen atoms in total. The van der Waals surface area contributed by atoms with Gasteiger partial charge in [-0.25, -0.2) is 4.98 Å². The lowest BCUT2D eigenvalue weighted by Crippen LogP contribution is -2.27. The van der Waals surface area contributed by atoms with Crippen molar-refractivity contribution in [3.05, 3.63) is 51.9 Å². The number of aromatic nitrogens is 2. The molecule has 0 saturated carbocycles. The van der Waals surface area contributed by atoms with E-state index in [1.165, 1.54) is 0 Å². The fourth-order valence-corrected chi connectivity index (χ4v) is 1.94. The first-order chi connectivity index (χ1) is 7.74. The maximum atomic E-state index is 11.8. The first kappa shape index (κ1) is 9.15. The number of benzene rings is 1. The molecule has 0 bridgehead atoms. The second-order valence-corrected chi connectivity index (χ2v) is 3.93. The monoisotopic (exact) mass is 213 g/mol. The first-order valence-corrected chi connectivity index (χ1v) is 5.17. The molecule has 16 heavy (non-hydrogen) atoms. The van der Waals surface area contributed by atoms with E-state index >= 15 is 0 Å². The predicted molar refractivity (Wildman–Crippen MR) is 62.1 cm³/mol. The van der Waals surface area contributed by atoms with Crippen LogP contribution in [0.5, 0.6) is 0 Å². The van der Waals surface area contributed by atoms with Gasteiger partial charge >= 0.3 is 0 Å². The van der Waals surface area contributed by atoms with Crippen LogP contribution in [0, 0.1) is 6.92 Å². The SMILES string of the molecule is Cc1cc(=O)n2c(n1)Nc1ccccc1C2. The molecule has 4 heteroatoms. The lowest BCUT2D eigenvalue weighted by Gasteiger charge is -2.21. The normalized spacial score (nSPS) is 12.6. The number of hydrogen-bond acceptors (Lipinski definition) is 3. The molecular weight excluding hydrogens is 202 g/mol. The molecule has 2 aromatic rings. The third kappa shape index (κ3) is 1.31. The Balaban J connectivity index is 2.19. The second-order valence-electron chi connectivity index (χ2n) is 3.93. The third-order valence-electron chi connectivity index (χ3n) is 2.73. The van der Waals surface area contributed by atoms with Gasteiger partial charge in [-0.2, -0.15) is 0 Å². The molecule has 0 aliphatic carbocycles. The van der Waals surface area contributed by atoms with Gasteiger partial charge in [0.2, 0.25) is 5.95 Å². The van der Waals surface area contributed by atoms with Crippen LogP contribution in [-0.2, 0) is 6.54 Å². The van der Waals surface area contributed by atoms with Crippen molar-refractivity contribution in [3.8, 4) is 0 Å². The summed E-state index contributed by atoms with van der Waals surface area (Å²) < 4.78 is 1.65. The smallest absolute Gasteiger partial charge is 0.255 e. The minimum absolute atomic E-state index is 0.00972. The summed E-state index contributed by atoms with van der Waals surface area (Å²) >= 11 is 0. The molecule has 1 N–H and O–H groups in total. The molecule has 0 amide bonds. The minimum atomic E-state index is -0.00972. The van der Waals surface area contributed by atoms with Crippen LogP contribution in [0.1, 0.15) is 11.3 Å². The van der Waals surface area contributed by atoms with E-state index < -0.39 is 0 Å². The summed E-state index contributed by atoms with van der Waals surface area (Å²) in [5.41, 5.74) is 2.87. The van der Waals surface area contributed by atoms with Crippen molar-refractivity contribution in [3.63, 3.8) is 0 Å². The van der Waals surface area contributed by atoms with Gasteiger partial charge in [-0.1, -0.05) is 18.2 Å². The Morgan fingerprint density at radius 3 is 3.06 bits per heavy atom. The molecule has 2 heterocycles. The lowest BCUT2D eigenvalue weighted by atomic mass is 10.1. The second kappa shape index (κ2) is 3.20. The van der Waals surface area contributed by atoms with E-state index in [1.807, 2.05) is 31.2 Å². The van der Waals surface area contributed by atoms with E-state index in [2.05, 4.69) is 10.3 Å². The molecule has 1 aliphatic heterocycles. The summed E-state index contributed by atoms with van der Waals surface area (Å²) in [5, 5.41) is 3.17. The van der Waals surface area contributed by atoms with Crippen LogP contribution >= 0.6 is 0 Å². The molecule has 1 aliphatic rings. The van der Waals surface area contributed by atoms with E-state index in [-0.39, 0.29) is 5.56 Å². The highest BCUT2D eigenvalue weighted by Crippen LogP contribution is 2.24. The zero-order valence-corrected chi connectivity index (χ0v) is 8.90. The van der Waals surface area contributed by atoms with E-state index in [9.17, 15) is 4.79 Å². The largest absolute Gasteiger partial charge is 0.325 e. The fraction of sp³-hybridized carbons (Fsp3) is 0.167. The lowest BCUT2D eigenvalue weighted by molar-refractivity contribution is 0.729. The van der Waals surface area contributed by atoms with Crippen molar-refractivity contribution < 1.29 is 0 Å². The van der Waals surface area contributed by atoms with Gasteiger partial charge in [-0.05, 0) is 18.6 Å². The Bertz CT molecular complexity index is 616. The summed E-state index contributed by atoms with van der Waals surface area (Å²) in [6.45, 7) is 2.41. The van der Waals surface area contributed by atoms with Crippen molar-refractivity contribution in [2.45, 2.75) is 13.5 Å². The number of anilines is 2. The summed E-state index contributed by atoms with van der Waals surface area (Å²) in [6.07, 6.45) is 0. The zero-order chi connectivity index (χ0) is 11.1. The average Bonchev–Trinajstić information content (AvgIpc) is 2.27. The standard InChI is InChI=1S/C12H11N3O/c1-8-6-11(16)15-7-9-4-2-3-5-10(9)14-12(15)13-8/h2-6H,7H2,1H3,(H,13,14). The number of para-hydroxylation sites is 1. The predicted octanol–water partition coefficient (Wildman–Crippen LogP) is 1.66. The van der Waals surface area contributed by atoms with Gasteiger partial charge in [0.05, 0.1) is 6.54 Å². The molecule has 0 radical (unpaired) electrons. The number of nitrogens with zero attached hydrogens (tertiary/aromatic N) is 2. The summed E-state index contributed by atoms with van der Waals surface area (Å²) in [7, 11) is 0. The molecule has 0 unspecified atom stereocenters. The Morgan fingerprint density at radius 2 is 2.19 bits per heavy atom. The van der Waals surface area contributed by atoms with Crippen molar-refractivity contribution in [1.29, 1.82) is 0 Å². The zero-order valence-electron chi connectivity index (χ0n) is 8.90. The Hall–Kier alpha value is -2.10. The number of rotatable bonds is 0. The van der Waals surface area contributed by atoms with E-state index in [0.29, 0.717) is 12.5 Å². The van der Waals surface area contributed by atoms with Crippen molar-refractivity contribution in [2.24, 2.45) is 0 Å². The van der Waals surface area contributed by atoms with Gasteiger partial charge in [-0.3, -0.25) is 9.36 Å². The number of nitrogens with one attached hydrogen (secondary N) is 1. The van der Waals surface area contributed by atoms with E-state index in [0.717, 1.165) is 16.9 Å². The summed E-state index contributed by atoms with van der Waals surface area (Å²) in [5.74, 6) is 0.628. The van der Waals surface area contributed by atoms with Gasteiger partial charge < -0.3 is 5.32 Å². The molecule has 0 saturated heterocycles. The number of fused-ring (bicyclic) bond motifs is 2. The van der Waals surface area contributed by atoms with Crippen LogP contribution in [0.25, 0.3) is 0 Å². The number of aryl methyl sites for hydroxylation is 1. The molecule has 80 valence electrons. The van der Waals surface area contributed by atoms with E-state index in [4.69, 9.17) is 0 Å². The average molecular weight is 213 g/mol. The molecule has 1 aromatic carbocycles. The molecule has 0 fully saturated rings. The molecule has 1 aromatic heterocycles. The van der Waals surface area contributed by atoms with Gasteiger partial charge in [0.15, 0.2) is 0 Å². The number of hydrogen-bond donors (Lipinski definition) is 1. The highest BCUT2D eigenvalue weighted by atomic mass is 16.1. The fourth-order valence-electron chi connectivity index (χ4n) is 1.94. The van der Waals surface area contributed by atoms with Crippen LogP contribution in [-0.4, -0.2) is 9.55 Å². The van der Waals surface area contributed by atoms with Gasteiger partial charge in [0.1, 0.15) is 0 Å². The molecule has 0 atom stereocenters. The highest BCUT2D eigenvalue weighted by Gasteiger charge is 2.15. The van der Waals surface area contributed by atoms with Crippen LogP contribution in [0.3, 0.4) is 0 Å². The quantitative estimate of drug-likeness (QED) is 0.617. The molecule has 0 spiro atoms. The van der Waals surface area contributed by atoms with Gasteiger partial charge in [0, 0.05) is 17.4 Å². The van der Waals surface area contributed by atoms with Crippen LogP contribution < -0.4 is 10.9 Å². The van der Waals surface area contributed by atoms with Crippen LogP contribution in [0.15, 0.2) is 35.1 Å². The minimum Gasteiger partial charge on any atom is -0.325 e. The Labute approximate surface area is 92.6 Å².